The normalized spacial score (nSPS) is 7.00. The van der Waals surface area contributed by atoms with Crippen molar-refractivity contribution >= 4 is 29.6 Å². The summed E-state index contributed by atoms with van der Waals surface area (Å²) in [6.45, 7) is 4.42. The standard InChI is InChI=1S/C5H12.Na/c1-3-5-4-2;/h3-5H2,1-2H3;. The molecule has 0 saturated carbocycles. The first-order valence-corrected chi connectivity index (χ1v) is 2.41. The van der Waals surface area contributed by atoms with Gasteiger partial charge in [0.2, 0.25) is 0 Å². The maximum atomic E-state index is 2.21. The minimum Gasteiger partial charge on any atom is -0.0654 e. The van der Waals surface area contributed by atoms with Crippen LogP contribution in [0.25, 0.3) is 0 Å². The third kappa shape index (κ3) is 8.89. The van der Waals surface area contributed by atoms with Crippen molar-refractivity contribution in [2.45, 2.75) is 33.1 Å². The summed E-state index contributed by atoms with van der Waals surface area (Å²) in [4.78, 5) is 0. The molecular weight excluding hydrogens is 83.0 g/mol. The molecular formula is C5H12Na. The molecule has 0 aromatic carbocycles. The molecule has 0 atom stereocenters. The van der Waals surface area contributed by atoms with Gasteiger partial charge in [-0.1, -0.05) is 33.1 Å². The molecule has 0 aromatic heterocycles. The van der Waals surface area contributed by atoms with Crippen molar-refractivity contribution in [2.75, 3.05) is 0 Å². The largest absolute Gasteiger partial charge is 0.0654 e. The van der Waals surface area contributed by atoms with Crippen LogP contribution in [-0.4, -0.2) is 29.6 Å². The first-order chi connectivity index (χ1) is 2.41. The van der Waals surface area contributed by atoms with Gasteiger partial charge >= 0.3 is 0 Å². The summed E-state index contributed by atoms with van der Waals surface area (Å²) >= 11 is 0. The zero-order chi connectivity index (χ0) is 4.12. The number of hydrogen-bond donors (Lipinski definition) is 0. The summed E-state index contributed by atoms with van der Waals surface area (Å²) in [7, 11) is 0. The van der Waals surface area contributed by atoms with E-state index in [1.54, 1.807) is 0 Å². The minimum atomic E-state index is 0. The molecule has 0 fully saturated rings. The second kappa shape index (κ2) is 9.38. The molecule has 0 amide bonds. The Bertz CT molecular complexity index is 11.4. The van der Waals surface area contributed by atoms with Crippen LogP contribution in [0.15, 0.2) is 0 Å². The number of hydrogen-bond acceptors (Lipinski definition) is 0. The van der Waals surface area contributed by atoms with Gasteiger partial charge in [-0.05, 0) is 0 Å². The van der Waals surface area contributed by atoms with Gasteiger partial charge in [-0.3, -0.25) is 0 Å². The predicted molar refractivity (Wildman–Crippen MR) is 31.0 cm³/mol. The zero-order valence-electron chi connectivity index (χ0n) is 5.12. The molecule has 1 radical (unpaired) electrons. The zero-order valence-corrected chi connectivity index (χ0v) is 7.12. The first kappa shape index (κ1) is 10.1. The number of rotatable bonds is 2. The van der Waals surface area contributed by atoms with Gasteiger partial charge in [0.1, 0.15) is 0 Å². The molecule has 0 rings (SSSR count). The minimum absolute atomic E-state index is 0. The van der Waals surface area contributed by atoms with Crippen LogP contribution in [0, 0.1) is 0 Å². The molecule has 0 spiro atoms. The topological polar surface area (TPSA) is 0 Å². The van der Waals surface area contributed by atoms with Crippen LogP contribution in [-0.2, 0) is 0 Å². The van der Waals surface area contributed by atoms with Crippen LogP contribution in [0.2, 0.25) is 0 Å². The molecule has 0 unspecified atom stereocenters. The van der Waals surface area contributed by atoms with Crippen LogP contribution in [0.1, 0.15) is 33.1 Å². The Morgan fingerprint density at radius 1 is 1.00 bits per heavy atom. The van der Waals surface area contributed by atoms with Crippen molar-refractivity contribution in [3.8, 4) is 0 Å². The van der Waals surface area contributed by atoms with Crippen LogP contribution in [0.3, 0.4) is 0 Å². The molecule has 0 aliphatic heterocycles. The van der Waals surface area contributed by atoms with E-state index in [4.69, 9.17) is 0 Å². The molecule has 0 nitrogen and oxygen atoms in total. The first-order valence-electron chi connectivity index (χ1n) is 2.41. The Morgan fingerprint density at radius 2 is 1.33 bits per heavy atom. The van der Waals surface area contributed by atoms with Crippen molar-refractivity contribution in [1.82, 2.24) is 0 Å². The third-order valence-electron chi connectivity index (χ3n) is 0.707. The Kier molecular flexibility index (Phi) is 15.8. The molecule has 0 bridgehead atoms. The van der Waals surface area contributed by atoms with Crippen LogP contribution < -0.4 is 0 Å². The third-order valence-corrected chi connectivity index (χ3v) is 0.707. The quantitative estimate of drug-likeness (QED) is 0.459. The van der Waals surface area contributed by atoms with Crippen LogP contribution in [0.5, 0.6) is 0 Å². The SMILES string of the molecule is CCCCC.[Na]. The summed E-state index contributed by atoms with van der Waals surface area (Å²) in [6.07, 6.45) is 4.08. The van der Waals surface area contributed by atoms with Gasteiger partial charge < -0.3 is 0 Å². The average Bonchev–Trinajstić information content (AvgIpc) is 1.41. The van der Waals surface area contributed by atoms with E-state index < -0.39 is 0 Å². The Balaban J connectivity index is 0. The monoisotopic (exact) mass is 95.1 g/mol. The fraction of sp³-hybridized carbons (Fsp3) is 1.00. The molecule has 0 heterocycles. The fourth-order valence-corrected chi connectivity index (χ4v) is 0.354. The van der Waals surface area contributed by atoms with E-state index in [2.05, 4.69) is 13.8 Å². The summed E-state index contributed by atoms with van der Waals surface area (Å²) in [5, 5.41) is 0. The van der Waals surface area contributed by atoms with Crippen LogP contribution >= 0.6 is 0 Å². The summed E-state index contributed by atoms with van der Waals surface area (Å²) < 4.78 is 0. The van der Waals surface area contributed by atoms with Gasteiger partial charge in [0.05, 0.1) is 0 Å². The van der Waals surface area contributed by atoms with E-state index in [0.29, 0.717) is 0 Å². The molecule has 0 aliphatic rings. The van der Waals surface area contributed by atoms with Crippen LogP contribution in [0.4, 0.5) is 0 Å². The van der Waals surface area contributed by atoms with Gasteiger partial charge in [0.15, 0.2) is 0 Å². The van der Waals surface area contributed by atoms with Crippen molar-refractivity contribution in [2.24, 2.45) is 0 Å². The van der Waals surface area contributed by atoms with Crippen molar-refractivity contribution in [3.05, 3.63) is 0 Å². The maximum absolute atomic E-state index is 2.21. The van der Waals surface area contributed by atoms with E-state index in [1.165, 1.54) is 19.3 Å². The molecule has 33 valence electrons. The molecule has 0 aliphatic carbocycles. The Morgan fingerprint density at radius 3 is 1.33 bits per heavy atom. The number of unbranched alkanes of at least 4 members (excludes halogenated alkanes) is 2. The summed E-state index contributed by atoms with van der Waals surface area (Å²) in [6, 6.07) is 0. The van der Waals surface area contributed by atoms with E-state index in [1.807, 2.05) is 0 Å². The molecule has 0 N–H and O–H groups in total. The molecule has 0 aromatic rings. The van der Waals surface area contributed by atoms with Gasteiger partial charge in [-0.25, -0.2) is 0 Å². The summed E-state index contributed by atoms with van der Waals surface area (Å²) in [5.74, 6) is 0. The van der Waals surface area contributed by atoms with Gasteiger partial charge in [0.25, 0.3) is 0 Å². The molecule has 0 saturated heterocycles. The van der Waals surface area contributed by atoms with Crippen molar-refractivity contribution in [1.29, 1.82) is 0 Å². The fourth-order valence-electron chi connectivity index (χ4n) is 0.354. The van der Waals surface area contributed by atoms with Gasteiger partial charge in [0, 0.05) is 29.6 Å². The second-order valence-electron chi connectivity index (χ2n) is 1.35. The molecule has 1 heteroatoms. The van der Waals surface area contributed by atoms with E-state index >= 15 is 0 Å². The van der Waals surface area contributed by atoms with Crippen molar-refractivity contribution < 1.29 is 0 Å². The van der Waals surface area contributed by atoms with Gasteiger partial charge in [-0.15, -0.1) is 0 Å². The molecule has 6 heavy (non-hydrogen) atoms. The predicted octanol–water partition coefficient (Wildman–Crippen LogP) is 1.82. The van der Waals surface area contributed by atoms with E-state index in [0.717, 1.165) is 0 Å². The Labute approximate surface area is 62.6 Å². The Hall–Kier alpha value is 1.00. The van der Waals surface area contributed by atoms with Crippen molar-refractivity contribution in [3.63, 3.8) is 0 Å². The average molecular weight is 95.1 g/mol. The maximum Gasteiger partial charge on any atom is 0 e. The second-order valence-corrected chi connectivity index (χ2v) is 1.35. The van der Waals surface area contributed by atoms with E-state index in [9.17, 15) is 0 Å². The summed E-state index contributed by atoms with van der Waals surface area (Å²) in [5.41, 5.74) is 0. The smallest absolute Gasteiger partial charge is 0 e. The van der Waals surface area contributed by atoms with E-state index in [-0.39, 0.29) is 29.6 Å². The van der Waals surface area contributed by atoms with Gasteiger partial charge in [-0.2, -0.15) is 0 Å².